The Kier molecular flexibility index (Phi) is 7.19. The van der Waals surface area contributed by atoms with Gasteiger partial charge in [0, 0.05) is 17.6 Å². The number of hydrogen-bond acceptors (Lipinski definition) is 6. The normalized spacial score (nSPS) is 10.5. The lowest BCUT2D eigenvalue weighted by molar-refractivity contribution is -0.127. The van der Waals surface area contributed by atoms with Gasteiger partial charge in [0.2, 0.25) is 11.0 Å². The van der Waals surface area contributed by atoms with Crippen LogP contribution in [0.3, 0.4) is 0 Å². The fourth-order valence-corrected chi connectivity index (χ4v) is 4.03. The molecule has 24 heavy (non-hydrogen) atoms. The number of anilines is 1. The van der Waals surface area contributed by atoms with Gasteiger partial charge in [-0.15, -0.1) is 10.2 Å². The van der Waals surface area contributed by atoms with E-state index in [1.54, 1.807) is 23.1 Å². The molecule has 0 spiro atoms. The maximum atomic E-state index is 12.2. The van der Waals surface area contributed by atoms with Crippen molar-refractivity contribution in [3.63, 3.8) is 0 Å². The van der Waals surface area contributed by atoms with Gasteiger partial charge in [-0.3, -0.25) is 14.9 Å². The molecule has 1 aromatic carbocycles. The number of nitrogens with one attached hydrogen (secondary N) is 1. The van der Waals surface area contributed by atoms with Gasteiger partial charge in [-0.05, 0) is 41.9 Å². The van der Waals surface area contributed by atoms with Gasteiger partial charge >= 0.3 is 0 Å². The van der Waals surface area contributed by atoms with Gasteiger partial charge in [0.1, 0.15) is 0 Å². The van der Waals surface area contributed by atoms with Crippen molar-refractivity contribution in [3.8, 4) is 0 Å². The summed E-state index contributed by atoms with van der Waals surface area (Å²) in [7, 11) is 0. The van der Waals surface area contributed by atoms with Crippen LogP contribution < -0.4 is 5.32 Å². The Morgan fingerprint density at radius 1 is 1.25 bits per heavy atom. The van der Waals surface area contributed by atoms with Crippen molar-refractivity contribution in [3.05, 3.63) is 34.3 Å². The molecule has 0 atom stereocenters. The molecule has 0 aliphatic rings. The first-order valence-corrected chi connectivity index (χ1v) is 9.94. The molecule has 0 saturated heterocycles. The van der Waals surface area contributed by atoms with Gasteiger partial charge in [0.25, 0.3) is 5.91 Å². The number of rotatable bonds is 7. The largest absolute Gasteiger partial charge is 0.343 e. The van der Waals surface area contributed by atoms with Crippen LogP contribution in [0, 0.1) is 0 Å². The summed E-state index contributed by atoms with van der Waals surface area (Å²) in [5.41, 5.74) is 0.526. The summed E-state index contributed by atoms with van der Waals surface area (Å²) in [5, 5.41) is 11.1. The van der Waals surface area contributed by atoms with Crippen LogP contribution in [0.1, 0.15) is 24.2 Å². The zero-order valence-electron chi connectivity index (χ0n) is 13.3. The number of aromatic nitrogens is 2. The van der Waals surface area contributed by atoms with E-state index in [4.69, 9.17) is 0 Å². The zero-order chi connectivity index (χ0) is 17.5. The highest BCUT2D eigenvalue weighted by atomic mass is 79.9. The molecule has 0 bridgehead atoms. The van der Waals surface area contributed by atoms with E-state index in [0.717, 1.165) is 0 Å². The van der Waals surface area contributed by atoms with Gasteiger partial charge in [-0.2, -0.15) is 0 Å². The lowest BCUT2D eigenvalue weighted by Gasteiger charge is -2.17. The number of benzene rings is 1. The van der Waals surface area contributed by atoms with Gasteiger partial charge < -0.3 is 4.90 Å². The lowest BCUT2D eigenvalue weighted by atomic mass is 10.2. The molecule has 0 unspecified atom stereocenters. The highest BCUT2D eigenvalue weighted by molar-refractivity contribution is 9.10. The highest BCUT2D eigenvalue weighted by Crippen LogP contribution is 2.26. The van der Waals surface area contributed by atoms with Crippen LogP contribution >= 0.6 is 39.0 Å². The van der Waals surface area contributed by atoms with Gasteiger partial charge in [0.15, 0.2) is 4.34 Å². The average molecular weight is 429 g/mol. The van der Waals surface area contributed by atoms with Crippen LogP contribution in [0.15, 0.2) is 33.1 Å². The predicted molar refractivity (Wildman–Crippen MR) is 101 cm³/mol. The third-order valence-corrected chi connectivity index (χ3v) is 5.83. The summed E-state index contributed by atoms with van der Waals surface area (Å²) >= 11 is 5.92. The third kappa shape index (κ3) is 5.02. The van der Waals surface area contributed by atoms with E-state index in [0.29, 0.717) is 38.3 Å². The molecule has 0 aliphatic carbocycles. The van der Waals surface area contributed by atoms with Crippen molar-refractivity contribution in [2.24, 2.45) is 0 Å². The van der Waals surface area contributed by atoms with Gasteiger partial charge in [-0.1, -0.05) is 35.2 Å². The van der Waals surface area contributed by atoms with Crippen molar-refractivity contribution in [2.45, 2.75) is 18.2 Å². The minimum atomic E-state index is -0.255. The maximum absolute atomic E-state index is 12.2. The second-order valence-corrected chi connectivity index (χ2v) is 7.72. The summed E-state index contributed by atoms with van der Waals surface area (Å²) in [4.78, 5) is 25.9. The third-order valence-electron chi connectivity index (χ3n) is 3.18. The minimum Gasteiger partial charge on any atom is -0.343 e. The Hall–Kier alpha value is -1.45. The van der Waals surface area contributed by atoms with Crippen LogP contribution in [0.5, 0.6) is 0 Å². The summed E-state index contributed by atoms with van der Waals surface area (Å²) in [6, 6.07) is 7.15. The van der Waals surface area contributed by atoms with Crippen LogP contribution in [0.4, 0.5) is 5.13 Å². The quantitative estimate of drug-likeness (QED) is 0.539. The summed E-state index contributed by atoms with van der Waals surface area (Å²) in [5.74, 6) is 0.127. The first-order valence-electron chi connectivity index (χ1n) is 7.35. The molecule has 2 aromatic rings. The number of amides is 2. The SMILES string of the molecule is CCN(CC)C(=O)CSc1nnc(NC(=O)c2ccccc2Br)s1. The van der Waals surface area contributed by atoms with Crippen LogP contribution in [0.25, 0.3) is 0 Å². The second kappa shape index (κ2) is 9.14. The van der Waals surface area contributed by atoms with E-state index in [2.05, 4.69) is 31.4 Å². The van der Waals surface area contributed by atoms with E-state index in [9.17, 15) is 9.59 Å². The van der Waals surface area contributed by atoms with Crippen LogP contribution in [-0.4, -0.2) is 45.8 Å². The molecule has 0 aliphatic heterocycles. The number of thioether (sulfide) groups is 1. The molecule has 2 amide bonds. The monoisotopic (exact) mass is 428 g/mol. The fraction of sp³-hybridized carbons (Fsp3) is 0.333. The van der Waals surface area contributed by atoms with Crippen molar-refractivity contribution >= 4 is 56.0 Å². The molecule has 128 valence electrons. The van der Waals surface area contributed by atoms with Crippen LogP contribution in [0.2, 0.25) is 0 Å². The number of hydrogen-bond donors (Lipinski definition) is 1. The number of nitrogens with zero attached hydrogens (tertiary/aromatic N) is 3. The number of carbonyl (C=O) groups is 2. The molecular weight excluding hydrogens is 412 g/mol. The fourth-order valence-electron chi connectivity index (χ4n) is 1.92. The standard InChI is InChI=1S/C15H17BrN4O2S2/c1-3-20(4-2)12(21)9-23-15-19-18-14(24-15)17-13(22)10-7-5-6-8-11(10)16/h5-8H,3-4,9H2,1-2H3,(H,17,18,22). The molecule has 0 fully saturated rings. The van der Waals surface area contributed by atoms with Gasteiger partial charge in [0.05, 0.1) is 11.3 Å². The molecule has 0 radical (unpaired) electrons. The topological polar surface area (TPSA) is 75.2 Å². The predicted octanol–water partition coefficient (Wildman–Crippen LogP) is 3.51. The van der Waals surface area contributed by atoms with E-state index in [1.807, 2.05) is 19.9 Å². The zero-order valence-corrected chi connectivity index (χ0v) is 16.5. The molecule has 9 heteroatoms. The molecule has 0 saturated carbocycles. The Labute approximate surface area is 157 Å². The van der Waals surface area contributed by atoms with E-state index in [1.165, 1.54) is 23.1 Å². The van der Waals surface area contributed by atoms with E-state index >= 15 is 0 Å². The Morgan fingerprint density at radius 3 is 2.62 bits per heavy atom. The smallest absolute Gasteiger partial charge is 0.258 e. The Bertz CT molecular complexity index is 719. The Morgan fingerprint density at radius 2 is 1.96 bits per heavy atom. The second-order valence-electron chi connectivity index (χ2n) is 4.66. The first kappa shape index (κ1) is 18.9. The average Bonchev–Trinajstić information content (AvgIpc) is 3.02. The molecular formula is C15H17BrN4O2S2. The number of carbonyl (C=O) groups excluding carboxylic acids is 2. The number of halogens is 1. The first-order chi connectivity index (χ1) is 11.5. The van der Waals surface area contributed by atoms with Crippen LogP contribution in [-0.2, 0) is 4.79 Å². The summed E-state index contributed by atoms with van der Waals surface area (Å²) in [6.45, 7) is 5.29. The minimum absolute atomic E-state index is 0.0685. The highest BCUT2D eigenvalue weighted by Gasteiger charge is 2.15. The molecule has 1 heterocycles. The molecule has 2 rings (SSSR count). The van der Waals surface area contributed by atoms with Crippen molar-refractivity contribution in [1.29, 1.82) is 0 Å². The summed E-state index contributed by atoms with van der Waals surface area (Å²) < 4.78 is 1.37. The summed E-state index contributed by atoms with van der Waals surface area (Å²) in [6.07, 6.45) is 0. The van der Waals surface area contributed by atoms with Crippen molar-refractivity contribution in [2.75, 3.05) is 24.2 Å². The Balaban J connectivity index is 1.93. The van der Waals surface area contributed by atoms with Crippen molar-refractivity contribution in [1.82, 2.24) is 15.1 Å². The van der Waals surface area contributed by atoms with Gasteiger partial charge in [-0.25, -0.2) is 0 Å². The molecule has 1 aromatic heterocycles. The van der Waals surface area contributed by atoms with Crippen molar-refractivity contribution < 1.29 is 9.59 Å². The molecule has 6 nitrogen and oxygen atoms in total. The van der Waals surface area contributed by atoms with E-state index < -0.39 is 0 Å². The maximum Gasteiger partial charge on any atom is 0.258 e. The molecule has 1 N–H and O–H groups in total. The lowest BCUT2D eigenvalue weighted by Crippen LogP contribution is -2.31. The van der Waals surface area contributed by atoms with E-state index in [-0.39, 0.29) is 11.8 Å².